The molecule has 4 nitrogen and oxygen atoms in total. The molecule has 0 aliphatic carbocycles. The molecule has 0 N–H and O–H groups in total. The number of rotatable bonds is 2. The highest BCUT2D eigenvalue weighted by Crippen LogP contribution is 2.33. The summed E-state index contributed by atoms with van der Waals surface area (Å²) in [6.45, 7) is 0.820. The molecule has 6 heteroatoms. The molecule has 2 aromatic rings. The number of nitrogens with zero attached hydrogens (tertiary/aromatic N) is 3. The molecule has 18 heavy (non-hydrogen) atoms. The van der Waals surface area contributed by atoms with Gasteiger partial charge >= 0.3 is 0 Å². The zero-order valence-electron chi connectivity index (χ0n) is 9.78. The number of aromatic nitrogens is 2. The topological polar surface area (TPSA) is 46.1 Å². The molecule has 3 heterocycles. The molecule has 1 saturated heterocycles. The molecule has 0 aromatic carbocycles. The second-order valence-electron chi connectivity index (χ2n) is 4.26. The molecule has 0 spiro atoms. The zero-order valence-corrected chi connectivity index (χ0v) is 11.4. The largest absolute Gasteiger partial charge is 0.328 e. The van der Waals surface area contributed by atoms with E-state index in [1.165, 1.54) is 11.5 Å². The molecule has 1 aliphatic rings. The van der Waals surface area contributed by atoms with Gasteiger partial charge in [0.1, 0.15) is 9.88 Å². The first-order chi connectivity index (χ1) is 8.86. The summed E-state index contributed by atoms with van der Waals surface area (Å²) in [5.74, 6) is 0.0948. The van der Waals surface area contributed by atoms with Gasteiger partial charge in [-0.05, 0) is 36.9 Å². The summed E-state index contributed by atoms with van der Waals surface area (Å²) in [5.41, 5.74) is 0. The maximum Gasteiger partial charge on any atom is 0.266 e. The van der Waals surface area contributed by atoms with Crippen LogP contribution in [0.2, 0.25) is 0 Å². The fraction of sp³-hybridized carbons (Fsp3) is 0.417. The Labute approximate surface area is 113 Å². The molecule has 0 radical (unpaired) electrons. The molecular formula is C12H13N3OS2. The zero-order chi connectivity index (χ0) is 12.4. The van der Waals surface area contributed by atoms with Crippen LogP contribution in [0.1, 0.15) is 40.0 Å². The molecular weight excluding hydrogens is 266 g/mol. The molecule has 0 bridgehead atoms. The van der Waals surface area contributed by atoms with Crippen LogP contribution in [0.5, 0.6) is 0 Å². The molecule has 1 amide bonds. The summed E-state index contributed by atoms with van der Waals surface area (Å²) in [4.78, 5) is 19.5. The van der Waals surface area contributed by atoms with E-state index in [9.17, 15) is 4.79 Å². The molecule has 94 valence electrons. The predicted molar refractivity (Wildman–Crippen MR) is 71.9 cm³/mol. The summed E-state index contributed by atoms with van der Waals surface area (Å²) in [7, 11) is 0. The summed E-state index contributed by atoms with van der Waals surface area (Å²) < 4.78 is 4.01. The monoisotopic (exact) mass is 279 g/mol. The van der Waals surface area contributed by atoms with Crippen molar-refractivity contribution in [1.29, 1.82) is 0 Å². The Morgan fingerprint density at radius 1 is 1.39 bits per heavy atom. The maximum absolute atomic E-state index is 12.4. The van der Waals surface area contributed by atoms with Crippen molar-refractivity contribution < 1.29 is 4.79 Å². The van der Waals surface area contributed by atoms with E-state index in [1.807, 2.05) is 16.5 Å². The molecule has 1 unspecified atom stereocenters. The smallest absolute Gasteiger partial charge is 0.266 e. The normalized spacial score (nSPS) is 20.0. The van der Waals surface area contributed by atoms with Gasteiger partial charge in [-0.25, -0.2) is 9.36 Å². The van der Waals surface area contributed by atoms with Crippen LogP contribution in [-0.2, 0) is 0 Å². The van der Waals surface area contributed by atoms with Crippen LogP contribution >= 0.6 is 22.9 Å². The van der Waals surface area contributed by atoms with Crippen LogP contribution < -0.4 is 0 Å². The number of amides is 1. The van der Waals surface area contributed by atoms with Gasteiger partial charge < -0.3 is 4.90 Å². The highest BCUT2D eigenvalue weighted by molar-refractivity contribution is 7.09. The molecule has 0 saturated carbocycles. The lowest BCUT2D eigenvalue weighted by Gasteiger charge is -2.34. The van der Waals surface area contributed by atoms with E-state index in [4.69, 9.17) is 0 Å². The van der Waals surface area contributed by atoms with Crippen molar-refractivity contribution in [2.24, 2.45) is 0 Å². The van der Waals surface area contributed by atoms with Gasteiger partial charge in [0.25, 0.3) is 5.91 Å². The minimum absolute atomic E-state index is 0.0948. The lowest BCUT2D eigenvalue weighted by atomic mass is 10.0. The minimum Gasteiger partial charge on any atom is -0.328 e. The third-order valence-corrected chi connectivity index (χ3v) is 4.76. The number of likely N-dealkylation sites (tertiary alicyclic amines) is 1. The predicted octanol–water partition coefficient (Wildman–Crippen LogP) is 2.97. The van der Waals surface area contributed by atoms with Gasteiger partial charge in [-0.15, -0.1) is 11.3 Å². The molecule has 2 aromatic heterocycles. The summed E-state index contributed by atoms with van der Waals surface area (Å²) in [6.07, 6.45) is 6.74. The fourth-order valence-electron chi connectivity index (χ4n) is 2.30. The van der Waals surface area contributed by atoms with Gasteiger partial charge in [-0.1, -0.05) is 0 Å². The van der Waals surface area contributed by atoms with Gasteiger partial charge in [0.2, 0.25) is 0 Å². The third-order valence-electron chi connectivity index (χ3n) is 3.15. The van der Waals surface area contributed by atoms with Crippen molar-refractivity contribution in [2.45, 2.75) is 25.3 Å². The Kier molecular flexibility index (Phi) is 3.38. The molecule has 1 fully saturated rings. The van der Waals surface area contributed by atoms with Gasteiger partial charge in [-0.2, -0.15) is 0 Å². The Morgan fingerprint density at radius 2 is 2.33 bits per heavy atom. The van der Waals surface area contributed by atoms with Gasteiger partial charge in [-0.3, -0.25) is 4.79 Å². The van der Waals surface area contributed by atoms with Crippen molar-refractivity contribution in [3.63, 3.8) is 0 Å². The number of carbonyl (C=O) groups is 1. The number of piperidine rings is 1. The average molecular weight is 279 g/mol. The standard InChI is InChI=1S/C12H13N3OS2/c16-12(10-4-5-14-18-10)15-7-2-1-3-9(15)11-13-6-8-17-11/h4-6,8-9H,1-3,7H2. The van der Waals surface area contributed by atoms with Crippen molar-refractivity contribution in [2.75, 3.05) is 6.54 Å². The number of hydrogen-bond donors (Lipinski definition) is 0. The second kappa shape index (κ2) is 5.16. The minimum atomic E-state index is 0.0948. The third kappa shape index (κ3) is 2.18. The fourth-order valence-corrected chi connectivity index (χ4v) is 3.64. The van der Waals surface area contributed by atoms with E-state index in [1.54, 1.807) is 23.6 Å². The average Bonchev–Trinajstić information content (AvgIpc) is 3.11. The summed E-state index contributed by atoms with van der Waals surface area (Å²) >= 11 is 2.90. The van der Waals surface area contributed by atoms with Crippen LogP contribution in [0.25, 0.3) is 0 Å². The van der Waals surface area contributed by atoms with Crippen LogP contribution in [0.15, 0.2) is 23.8 Å². The first kappa shape index (κ1) is 11.8. The lowest BCUT2D eigenvalue weighted by molar-refractivity contribution is 0.0616. The lowest BCUT2D eigenvalue weighted by Crippen LogP contribution is -2.38. The van der Waals surface area contributed by atoms with Crippen LogP contribution in [0, 0.1) is 0 Å². The van der Waals surface area contributed by atoms with Crippen LogP contribution in [-0.4, -0.2) is 26.7 Å². The van der Waals surface area contributed by atoms with Crippen LogP contribution in [0.3, 0.4) is 0 Å². The van der Waals surface area contributed by atoms with Gasteiger partial charge in [0.15, 0.2) is 0 Å². The molecule has 3 rings (SSSR count). The quantitative estimate of drug-likeness (QED) is 0.849. The SMILES string of the molecule is O=C(c1ccns1)N1CCCCC1c1nccs1. The summed E-state index contributed by atoms with van der Waals surface area (Å²) in [6, 6.07) is 1.94. The highest BCUT2D eigenvalue weighted by atomic mass is 32.1. The van der Waals surface area contributed by atoms with E-state index < -0.39 is 0 Å². The molecule has 1 aliphatic heterocycles. The first-order valence-corrected chi connectivity index (χ1v) is 7.62. The number of hydrogen-bond acceptors (Lipinski definition) is 5. The van der Waals surface area contributed by atoms with E-state index in [0.29, 0.717) is 0 Å². The Balaban J connectivity index is 1.86. The van der Waals surface area contributed by atoms with Crippen molar-refractivity contribution in [3.8, 4) is 0 Å². The Bertz CT molecular complexity index is 509. The van der Waals surface area contributed by atoms with Crippen LogP contribution in [0.4, 0.5) is 0 Å². The molecule has 1 atom stereocenters. The number of thiazole rings is 1. The van der Waals surface area contributed by atoms with E-state index in [0.717, 1.165) is 35.7 Å². The van der Waals surface area contributed by atoms with Crippen molar-refractivity contribution in [1.82, 2.24) is 14.3 Å². The maximum atomic E-state index is 12.4. The van der Waals surface area contributed by atoms with Gasteiger partial charge in [0.05, 0.1) is 6.04 Å². The van der Waals surface area contributed by atoms with E-state index in [2.05, 4.69) is 9.36 Å². The second-order valence-corrected chi connectivity index (χ2v) is 6.02. The van der Waals surface area contributed by atoms with E-state index in [-0.39, 0.29) is 11.9 Å². The Morgan fingerprint density at radius 3 is 3.06 bits per heavy atom. The summed E-state index contributed by atoms with van der Waals surface area (Å²) in [5, 5.41) is 3.02. The first-order valence-electron chi connectivity index (χ1n) is 5.97. The van der Waals surface area contributed by atoms with Gasteiger partial charge in [0, 0.05) is 24.3 Å². The van der Waals surface area contributed by atoms with Crippen molar-refractivity contribution in [3.05, 3.63) is 33.7 Å². The van der Waals surface area contributed by atoms with Crippen molar-refractivity contribution >= 4 is 28.8 Å². The highest BCUT2D eigenvalue weighted by Gasteiger charge is 2.30. The Hall–Kier alpha value is -1.27. The number of carbonyl (C=O) groups excluding carboxylic acids is 1. The van der Waals surface area contributed by atoms with E-state index >= 15 is 0 Å².